The number of nitrogens with zero attached hydrogens (tertiary/aromatic N) is 2. The highest BCUT2D eigenvalue weighted by molar-refractivity contribution is 6.34. The van der Waals surface area contributed by atoms with E-state index in [9.17, 15) is 8.78 Å². The van der Waals surface area contributed by atoms with Gasteiger partial charge in [-0.3, -0.25) is 0 Å². The highest BCUT2D eigenvalue weighted by atomic mass is 35.5. The van der Waals surface area contributed by atoms with Crippen molar-refractivity contribution in [3.63, 3.8) is 0 Å². The predicted octanol–water partition coefficient (Wildman–Crippen LogP) is 5.19. The van der Waals surface area contributed by atoms with E-state index in [1.54, 1.807) is 12.1 Å². The van der Waals surface area contributed by atoms with Crippen LogP contribution in [0.5, 0.6) is 0 Å². The molecule has 0 unspecified atom stereocenters. The molecule has 0 saturated carbocycles. The van der Waals surface area contributed by atoms with E-state index in [-0.39, 0.29) is 16.1 Å². The molecule has 106 valence electrons. The van der Waals surface area contributed by atoms with Crippen LogP contribution in [-0.4, -0.2) is 9.97 Å². The first-order valence-corrected chi connectivity index (χ1v) is 6.80. The molecular formula is C15H8Cl2F2N2. The van der Waals surface area contributed by atoms with E-state index >= 15 is 0 Å². The molecule has 3 aromatic rings. The summed E-state index contributed by atoms with van der Waals surface area (Å²) in [6.45, 7) is 1.87. The maximum absolute atomic E-state index is 13.4. The first-order chi connectivity index (χ1) is 9.95. The van der Waals surface area contributed by atoms with Gasteiger partial charge in [0.1, 0.15) is 5.15 Å². The average molecular weight is 325 g/mol. The molecule has 3 rings (SSSR count). The van der Waals surface area contributed by atoms with E-state index in [0.29, 0.717) is 16.4 Å². The lowest BCUT2D eigenvalue weighted by atomic mass is 10.1. The lowest BCUT2D eigenvalue weighted by Crippen LogP contribution is -1.96. The fraction of sp³-hybridized carbons (Fsp3) is 0.0667. The Bertz CT molecular complexity index is 866. The molecule has 0 saturated heterocycles. The second kappa shape index (κ2) is 5.20. The number of rotatable bonds is 1. The fourth-order valence-corrected chi connectivity index (χ4v) is 2.45. The molecule has 0 radical (unpaired) electrons. The van der Waals surface area contributed by atoms with Crippen LogP contribution in [0.2, 0.25) is 10.2 Å². The minimum atomic E-state index is -0.986. The third kappa shape index (κ3) is 2.57. The van der Waals surface area contributed by atoms with E-state index in [0.717, 1.165) is 17.7 Å². The normalized spacial score (nSPS) is 11.1. The number of hydrogen-bond donors (Lipinski definition) is 0. The van der Waals surface area contributed by atoms with Gasteiger partial charge >= 0.3 is 0 Å². The Labute approximate surface area is 129 Å². The molecule has 1 aromatic heterocycles. The van der Waals surface area contributed by atoms with Gasteiger partial charge in [-0.05, 0) is 30.7 Å². The summed E-state index contributed by atoms with van der Waals surface area (Å²) in [6.07, 6.45) is 0. The molecule has 0 N–H and O–H groups in total. The summed E-state index contributed by atoms with van der Waals surface area (Å²) in [5.74, 6) is -1.65. The molecule has 0 bridgehead atoms. The number of halogens is 4. The zero-order valence-corrected chi connectivity index (χ0v) is 12.3. The van der Waals surface area contributed by atoms with Crippen molar-refractivity contribution >= 4 is 34.1 Å². The van der Waals surface area contributed by atoms with Crippen LogP contribution in [0.1, 0.15) is 5.56 Å². The molecule has 21 heavy (non-hydrogen) atoms. The Morgan fingerprint density at radius 2 is 1.67 bits per heavy atom. The standard InChI is InChI=1S/C15H8Cl2F2N2/c1-7-2-3-8(16)4-9(7)15-20-13-6-12(19)11(18)5-10(13)14(17)21-15/h2-6H,1H3. The summed E-state index contributed by atoms with van der Waals surface area (Å²) in [5.41, 5.74) is 1.83. The molecule has 0 aliphatic rings. The van der Waals surface area contributed by atoms with Gasteiger partial charge in [0.15, 0.2) is 17.5 Å². The van der Waals surface area contributed by atoms with Crippen LogP contribution in [0.15, 0.2) is 30.3 Å². The molecule has 1 heterocycles. The van der Waals surface area contributed by atoms with Crippen molar-refractivity contribution in [3.05, 3.63) is 57.7 Å². The molecule has 0 spiro atoms. The highest BCUT2D eigenvalue weighted by Gasteiger charge is 2.13. The maximum atomic E-state index is 13.4. The monoisotopic (exact) mass is 324 g/mol. The van der Waals surface area contributed by atoms with Crippen LogP contribution in [-0.2, 0) is 0 Å². The predicted molar refractivity (Wildman–Crippen MR) is 79.6 cm³/mol. The lowest BCUT2D eigenvalue weighted by molar-refractivity contribution is 0.510. The molecule has 0 atom stereocenters. The summed E-state index contributed by atoms with van der Waals surface area (Å²) < 4.78 is 26.6. The number of fused-ring (bicyclic) bond motifs is 1. The Hall–Kier alpha value is -1.78. The van der Waals surface area contributed by atoms with E-state index in [1.165, 1.54) is 0 Å². The molecular weight excluding hydrogens is 317 g/mol. The van der Waals surface area contributed by atoms with Gasteiger partial charge in [0.2, 0.25) is 0 Å². The summed E-state index contributed by atoms with van der Waals surface area (Å²) in [6, 6.07) is 7.26. The van der Waals surface area contributed by atoms with Crippen molar-refractivity contribution < 1.29 is 8.78 Å². The fourth-order valence-electron chi connectivity index (χ4n) is 2.04. The van der Waals surface area contributed by atoms with Crippen LogP contribution in [0.4, 0.5) is 8.78 Å². The van der Waals surface area contributed by atoms with Crippen LogP contribution in [0.25, 0.3) is 22.3 Å². The average Bonchev–Trinajstić information content (AvgIpc) is 2.43. The number of aromatic nitrogens is 2. The van der Waals surface area contributed by atoms with Crippen LogP contribution in [0.3, 0.4) is 0 Å². The first kappa shape index (κ1) is 14.2. The zero-order chi connectivity index (χ0) is 15.1. The summed E-state index contributed by atoms with van der Waals surface area (Å²) in [7, 11) is 0. The third-order valence-electron chi connectivity index (χ3n) is 3.13. The smallest absolute Gasteiger partial charge is 0.161 e. The Morgan fingerprint density at radius 1 is 0.952 bits per heavy atom. The summed E-state index contributed by atoms with van der Waals surface area (Å²) in [5, 5.41) is 0.855. The van der Waals surface area contributed by atoms with E-state index in [4.69, 9.17) is 23.2 Å². The second-order valence-corrected chi connectivity index (χ2v) is 5.38. The molecule has 6 heteroatoms. The van der Waals surface area contributed by atoms with Gasteiger partial charge in [-0.15, -0.1) is 0 Å². The van der Waals surface area contributed by atoms with Crippen LogP contribution in [0, 0.1) is 18.6 Å². The van der Waals surface area contributed by atoms with Crippen LogP contribution >= 0.6 is 23.2 Å². The van der Waals surface area contributed by atoms with E-state index in [1.807, 2.05) is 13.0 Å². The molecule has 0 aliphatic carbocycles. The van der Waals surface area contributed by atoms with Gasteiger partial charge in [0, 0.05) is 22.0 Å². The van der Waals surface area contributed by atoms with Crippen molar-refractivity contribution in [2.75, 3.05) is 0 Å². The molecule has 0 fully saturated rings. The van der Waals surface area contributed by atoms with Gasteiger partial charge in [0.25, 0.3) is 0 Å². The number of aryl methyl sites for hydroxylation is 1. The minimum Gasteiger partial charge on any atom is -0.228 e. The van der Waals surface area contributed by atoms with Gasteiger partial charge in [-0.25, -0.2) is 18.7 Å². The highest BCUT2D eigenvalue weighted by Crippen LogP contribution is 2.29. The Balaban J connectivity index is 2.30. The largest absolute Gasteiger partial charge is 0.228 e. The number of benzene rings is 2. The third-order valence-corrected chi connectivity index (χ3v) is 3.66. The molecule has 0 amide bonds. The topological polar surface area (TPSA) is 25.8 Å². The van der Waals surface area contributed by atoms with Gasteiger partial charge in [-0.1, -0.05) is 29.3 Å². The van der Waals surface area contributed by atoms with Gasteiger partial charge in [0.05, 0.1) is 5.52 Å². The van der Waals surface area contributed by atoms with Crippen molar-refractivity contribution in [2.45, 2.75) is 6.92 Å². The zero-order valence-electron chi connectivity index (χ0n) is 10.8. The van der Waals surface area contributed by atoms with Crippen molar-refractivity contribution in [3.8, 4) is 11.4 Å². The SMILES string of the molecule is Cc1ccc(Cl)cc1-c1nc(Cl)c2cc(F)c(F)cc2n1. The quantitative estimate of drug-likeness (QED) is 0.575. The minimum absolute atomic E-state index is 0.0632. The first-order valence-electron chi connectivity index (χ1n) is 6.04. The molecule has 0 aliphatic heterocycles. The molecule has 2 aromatic carbocycles. The van der Waals surface area contributed by atoms with Crippen LogP contribution < -0.4 is 0 Å². The summed E-state index contributed by atoms with van der Waals surface area (Å²) in [4.78, 5) is 8.40. The second-order valence-electron chi connectivity index (χ2n) is 4.58. The van der Waals surface area contributed by atoms with Crippen molar-refractivity contribution in [2.24, 2.45) is 0 Å². The van der Waals surface area contributed by atoms with Gasteiger partial charge in [-0.2, -0.15) is 0 Å². The van der Waals surface area contributed by atoms with Crippen molar-refractivity contribution in [1.82, 2.24) is 9.97 Å². The Morgan fingerprint density at radius 3 is 2.43 bits per heavy atom. The van der Waals surface area contributed by atoms with E-state index < -0.39 is 11.6 Å². The van der Waals surface area contributed by atoms with Gasteiger partial charge < -0.3 is 0 Å². The maximum Gasteiger partial charge on any atom is 0.161 e. The van der Waals surface area contributed by atoms with Crippen molar-refractivity contribution in [1.29, 1.82) is 0 Å². The Kier molecular flexibility index (Phi) is 3.51. The number of hydrogen-bond acceptors (Lipinski definition) is 2. The summed E-state index contributed by atoms with van der Waals surface area (Å²) >= 11 is 12.0. The lowest BCUT2D eigenvalue weighted by Gasteiger charge is -2.08. The molecule has 2 nitrogen and oxygen atoms in total. The van der Waals surface area contributed by atoms with E-state index in [2.05, 4.69) is 9.97 Å².